The first-order chi connectivity index (χ1) is 6.20. The van der Waals surface area contributed by atoms with Crippen molar-refractivity contribution in [3.05, 3.63) is 23.3 Å². The fourth-order valence-electron chi connectivity index (χ4n) is 1.30. The standard InChI is InChI=1S/C12H20O/c1-10(2)11(3)9-13-12-7-5-4-6-8-12/h5,7,12H,4,6,8-9H2,1-3H3. The molecule has 74 valence electrons. The Hall–Kier alpha value is -0.560. The van der Waals surface area contributed by atoms with Gasteiger partial charge in [-0.15, -0.1) is 0 Å². The molecule has 1 heteroatoms. The molecule has 0 amide bonds. The molecular formula is C12H20O. The molecule has 1 aliphatic carbocycles. The molecule has 0 aromatic carbocycles. The van der Waals surface area contributed by atoms with Gasteiger partial charge in [-0.1, -0.05) is 17.7 Å². The first-order valence-corrected chi connectivity index (χ1v) is 5.11. The highest BCUT2D eigenvalue weighted by atomic mass is 16.5. The predicted molar refractivity (Wildman–Crippen MR) is 56.8 cm³/mol. The summed E-state index contributed by atoms with van der Waals surface area (Å²) in [6, 6.07) is 0. The van der Waals surface area contributed by atoms with Crippen LogP contribution in [0.4, 0.5) is 0 Å². The molecule has 0 fully saturated rings. The Balaban J connectivity index is 2.29. The van der Waals surface area contributed by atoms with E-state index in [2.05, 4.69) is 32.9 Å². The molecule has 1 nitrogen and oxygen atoms in total. The van der Waals surface area contributed by atoms with Gasteiger partial charge in [0.2, 0.25) is 0 Å². The van der Waals surface area contributed by atoms with Crippen LogP contribution in [0.1, 0.15) is 40.0 Å². The van der Waals surface area contributed by atoms with Gasteiger partial charge >= 0.3 is 0 Å². The molecule has 1 aliphatic rings. The van der Waals surface area contributed by atoms with Crippen molar-refractivity contribution < 1.29 is 4.74 Å². The van der Waals surface area contributed by atoms with Crippen LogP contribution in [0.5, 0.6) is 0 Å². The zero-order valence-corrected chi connectivity index (χ0v) is 8.97. The molecule has 13 heavy (non-hydrogen) atoms. The average molecular weight is 180 g/mol. The predicted octanol–water partition coefficient (Wildman–Crippen LogP) is 3.47. The topological polar surface area (TPSA) is 9.23 Å². The summed E-state index contributed by atoms with van der Waals surface area (Å²) in [5, 5.41) is 0. The third kappa shape index (κ3) is 3.77. The molecule has 0 saturated carbocycles. The summed E-state index contributed by atoms with van der Waals surface area (Å²) in [7, 11) is 0. The molecule has 0 aromatic heterocycles. The molecule has 0 aliphatic heterocycles. The first kappa shape index (κ1) is 10.5. The highest BCUT2D eigenvalue weighted by Crippen LogP contribution is 2.14. The van der Waals surface area contributed by atoms with E-state index in [0.29, 0.717) is 6.10 Å². The molecular weight excluding hydrogens is 160 g/mol. The molecule has 1 rings (SSSR count). The van der Waals surface area contributed by atoms with Gasteiger partial charge in [0.25, 0.3) is 0 Å². The molecule has 0 N–H and O–H groups in total. The van der Waals surface area contributed by atoms with Gasteiger partial charge in [-0.3, -0.25) is 0 Å². The molecule has 0 radical (unpaired) electrons. The fraction of sp³-hybridized carbons (Fsp3) is 0.667. The van der Waals surface area contributed by atoms with E-state index >= 15 is 0 Å². The maximum atomic E-state index is 5.76. The van der Waals surface area contributed by atoms with Crippen LogP contribution in [0.25, 0.3) is 0 Å². The summed E-state index contributed by atoms with van der Waals surface area (Å²) in [4.78, 5) is 0. The number of hydrogen-bond donors (Lipinski definition) is 0. The van der Waals surface area contributed by atoms with Crippen LogP contribution in [0.3, 0.4) is 0 Å². The summed E-state index contributed by atoms with van der Waals surface area (Å²) >= 11 is 0. The zero-order valence-electron chi connectivity index (χ0n) is 8.97. The lowest BCUT2D eigenvalue weighted by atomic mass is 10.1. The van der Waals surface area contributed by atoms with E-state index in [1.807, 2.05) is 0 Å². The highest BCUT2D eigenvalue weighted by Gasteiger charge is 2.08. The Morgan fingerprint density at radius 2 is 2.15 bits per heavy atom. The third-order valence-corrected chi connectivity index (χ3v) is 2.58. The molecule has 0 aromatic rings. The Bertz CT molecular complexity index is 209. The van der Waals surface area contributed by atoms with Gasteiger partial charge in [-0.05, 0) is 45.6 Å². The summed E-state index contributed by atoms with van der Waals surface area (Å²) in [5.74, 6) is 0. The number of ether oxygens (including phenoxy) is 1. The van der Waals surface area contributed by atoms with Crippen LogP contribution >= 0.6 is 0 Å². The van der Waals surface area contributed by atoms with Gasteiger partial charge in [-0.2, -0.15) is 0 Å². The molecule has 0 saturated heterocycles. The van der Waals surface area contributed by atoms with Crippen LogP contribution in [-0.4, -0.2) is 12.7 Å². The van der Waals surface area contributed by atoms with E-state index in [-0.39, 0.29) is 0 Å². The van der Waals surface area contributed by atoms with Crippen molar-refractivity contribution in [3.8, 4) is 0 Å². The minimum atomic E-state index is 0.364. The Kier molecular flexibility index (Phi) is 4.23. The Morgan fingerprint density at radius 1 is 1.38 bits per heavy atom. The van der Waals surface area contributed by atoms with Crippen molar-refractivity contribution in [2.24, 2.45) is 0 Å². The lowest BCUT2D eigenvalue weighted by Gasteiger charge is -2.17. The SMILES string of the molecule is CC(C)=C(C)COC1C=CCCC1. The normalized spacial score (nSPS) is 21.6. The lowest BCUT2D eigenvalue weighted by molar-refractivity contribution is 0.0926. The molecule has 1 unspecified atom stereocenters. The van der Waals surface area contributed by atoms with Crippen LogP contribution in [0.15, 0.2) is 23.3 Å². The van der Waals surface area contributed by atoms with E-state index in [9.17, 15) is 0 Å². The van der Waals surface area contributed by atoms with Crippen molar-refractivity contribution >= 4 is 0 Å². The number of allylic oxidation sites excluding steroid dienone is 2. The van der Waals surface area contributed by atoms with E-state index in [1.165, 1.54) is 30.4 Å². The molecule has 1 atom stereocenters. The van der Waals surface area contributed by atoms with E-state index in [1.54, 1.807) is 0 Å². The highest BCUT2D eigenvalue weighted by molar-refractivity contribution is 5.07. The van der Waals surface area contributed by atoms with Gasteiger partial charge in [0.05, 0.1) is 12.7 Å². The quantitative estimate of drug-likeness (QED) is 0.604. The fourth-order valence-corrected chi connectivity index (χ4v) is 1.30. The minimum Gasteiger partial charge on any atom is -0.370 e. The van der Waals surface area contributed by atoms with Crippen molar-refractivity contribution in [1.82, 2.24) is 0 Å². The largest absolute Gasteiger partial charge is 0.370 e. The van der Waals surface area contributed by atoms with Gasteiger partial charge in [0, 0.05) is 0 Å². The van der Waals surface area contributed by atoms with Gasteiger partial charge < -0.3 is 4.74 Å². The molecule has 0 heterocycles. The average Bonchev–Trinajstić information content (AvgIpc) is 2.15. The maximum Gasteiger partial charge on any atom is 0.0760 e. The summed E-state index contributed by atoms with van der Waals surface area (Å²) < 4.78 is 5.76. The first-order valence-electron chi connectivity index (χ1n) is 5.11. The Labute approximate surface area is 81.5 Å². The van der Waals surface area contributed by atoms with Crippen LogP contribution in [-0.2, 0) is 4.74 Å². The zero-order chi connectivity index (χ0) is 9.68. The Morgan fingerprint density at radius 3 is 2.69 bits per heavy atom. The van der Waals surface area contributed by atoms with Crippen LogP contribution < -0.4 is 0 Å². The summed E-state index contributed by atoms with van der Waals surface area (Å²) in [6.45, 7) is 7.20. The van der Waals surface area contributed by atoms with Crippen molar-refractivity contribution in [2.75, 3.05) is 6.61 Å². The second kappa shape index (κ2) is 5.23. The lowest BCUT2D eigenvalue weighted by Crippen LogP contribution is -2.13. The van der Waals surface area contributed by atoms with E-state index in [0.717, 1.165) is 6.61 Å². The van der Waals surface area contributed by atoms with E-state index < -0.39 is 0 Å². The molecule has 0 bridgehead atoms. The second-order valence-electron chi connectivity index (χ2n) is 3.99. The van der Waals surface area contributed by atoms with Crippen molar-refractivity contribution in [1.29, 1.82) is 0 Å². The van der Waals surface area contributed by atoms with Crippen molar-refractivity contribution in [2.45, 2.75) is 46.1 Å². The van der Waals surface area contributed by atoms with Crippen molar-refractivity contribution in [3.63, 3.8) is 0 Å². The van der Waals surface area contributed by atoms with Gasteiger partial charge in [0.15, 0.2) is 0 Å². The molecule has 0 spiro atoms. The summed E-state index contributed by atoms with van der Waals surface area (Å²) in [5.41, 5.74) is 2.73. The third-order valence-electron chi connectivity index (χ3n) is 2.58. The van der Waals surface area contributed by atoms with Crippen LogP contribution in [0, 0.1) is 0 Å². The van der Waals surface area contributed by atoms with Crippen LogP contribution in [0.2, 0.25) is 0 Å². The van der Waals surface area contributed by atoms with Gasteiger partial charge in [-0.25, -0.2) is 0 Å². The maximum absolute atomic E-state index is 5.76. The van der Waals surface area contributed by atoms with Gasteiger partial charge in [0.1, 0.15) is 0 Å². The smallest absolute Gasteiger partial charge is 0.0760 e. The minimum absolute atomic E-state index is 0.364. The number of hydrogen-bond acceptors (Lipinski definition) is 1. The second-order valence-corrected chi connectivity index (χ2v) is 3.99. The monoisotopic (exact) mass is 180 g/mol. The number of rotatable bonds is 3. The summed E-state index contributed by atoms with van der Waals surface area (Å²) in [6.07, 6.45) is 8.47. The van der Waals surface area contributed by atoms with E-state index in [4.69, 9.17) is 4.74 Å².